The highest BCUT2D eigenvalue weighted by molar-refractivity contribution is 9.10. The molecule has 0 spiro atoms. The van der Waals surface area contributed by atoms with Crippen molar-refractivity contribution in [3.63, 3.8) is 0 Å². The summed E-state index contributed by atoms with van der Waals surface area (Å²) in [5, 5.41) is 3.18. The first kappa shape index (κ1) is 21.6. The van der Waals surface area contributed by atoms with Crippen LogP contribution in [0.15, 0.2) is 57.9 Å². The molecule has 0 aliphatic heterocycles. The molecule has 0 atom stereocenters. The van der Waals surface area contributed by atoms with E-state index < -0.39 is 15.9 Å². The Labute approximate surface area is 181 Å². The third-order valence-electron chi connectivity index (χ3n) is 4.12. The van der Waals surface area contributed by atoms with Gasteiger partial charge < -0.3 is 0 Å². The molecule has 0 unspecified atom stereocenters. The number of aryl methyl sites for hydroxylation is 1. The van der Waals surface area contributed by atoms with E-state index in [4.69, 9.17) is 4.84 Å². The highest BCUT2D eigenvalue weighted by Crippen LogP contribution is 2.31. The molecule has 0 fully saturated rings. The number of hydrogen-bond acceptors (Lipinski definition) is 6. The number of halogens is 1. The number of carbonyl (C=O) groups is 1. The van der Waals surface area contributed by atoms with E-state index in [1.54, 1.807) is 0 Å². The lowest BCUT2D eigenvalue weighted by atomic mass is 10.1. The lowest BCUT2D eigenvalue weighted by Crippen LogP contribution is -2.26. The van der Waals surface area contributed by atoms with Gasteiger partial charge >= 0.3 is 0 Å². The van der Waals surface area contributed by atoms with Gasteiger partial charge in [-0.05, 0) is 37.3 Å². The van der Waals surface area contributed by atoms with Gasteiger partial charge in [0.25, 0.3) is 15.9 Å². The molecule has 152 valence electrons. The standard InChI is InChI=1S/C19H18BrN3O4S2/c1-12-17(13-7-9-15(20)10-8-13)21-19(28-12)22-18(24)14-5-4-6-16(11-14)29(25,26)23(2)27-3/h4-11H,1-3H3,(H,21,22,24). The van der Waals surface area contributed by atoms with E-state index in [9.17, 15) is 13.2 Å². The summed E-state index contributed by atoms with van der Waals surface area (Å²) in [7, 11) is -1.31. The van der Waals surface area contributed by atoms with Crippen LogP contribution in [0.1, 0.15) is 15.2 Å². The number of nitrogens with one attached hydrogen (secondary N) is 1. The predicted molar refractivity (Wildman–Crippen MR) is 116 cm³/mol. The third kappa shape index (κ3) is 4.73. The number of thiazole rings is 1. The number of nitrogens with zero attached hydrogens (tertiary/aromatic N) is 2. The molecule has 1 amide bonds. The highest BCUT2D eigenvalue weighted by Gasteiger charge is 2.22. The Kier molecular flexibility index (Phi) is 6.49. The van der Waals surface area contributed by atoms with E-state index in [0.717, 1.165) is 25.1 Å². The topological polar surface area (TPSA) is 88.6 Å². The summed E-state index contributed by atoms with van der Waals surface area (Å²) >= 11 is 4.76. The van der Waals surface area contributed by atoms with Crippen LogP contribution in [0.4, 0.5) is 5.13 Å². The Bertz CT molecular complexity index is 1140. The molecule has 0 saturated carbocycles. The quantitative estimate of drug-likeness (QED) is 0.514. The molecule has 3 rings (SSSR count). The molecule has 1 aromatic heterocycles. The second kappa shape index (κ2) is 8.72. The molecule has 7 nitrogen and oxygen atoms in total. The Morgan fingerprint density at radius 1 is 1.21 bits per heavy atom. The molecule has 29 heavy (non-hydrogen) atoms. The number of aromatic nitrogens is 1. The summed E-state index contributed by atoms with van der Waals surface area (Å²) in [4.78, 5) is 22.8. The molecule has 1 N–H and O–H groups in total. The Morgan fingerprint density at radius 2 is 1.90 bits per heavy atom. The van der Waals surface area contributed by atoms with Crippen molar-refractivity contribution in [2.75, 3.05) is 19.5 Å². The van der Waals surface area contributed by atoms with Crippen LogP contribution in [0.5, 0.6) is 0 Å². The fraction of sp³-hybridized carbons (Fsp3) is 0.158. The van der Waals surface area contributed by atoms with Gasteiger partial charge in [0.05, 0.1) is 17.7 Å². The second-order valence-corrected chi connectivity index (χ2v) is 10.1. The summed E-state index contributed by atoms with van der Waals surface area (Å²) in [5.41, 5.74) is 1.93. The van der Waals surface area contributed by atoms with E-state index in [0.29, 0.717) is 5.13 Å². The van der Waals surface area contributed by atoms with Crippen molar-refractivity contribution in [1.29, 1.82) is 0 Å². The van der Waals surface area contributed by atoms with Crippen LogP contribution in [0.2, 0.25) is 0 Å². The minimum Gasteiger partial charge on any atom is -0.298 e. The number of benzene rings is 2. The zero-order chi connectivity index (χ0) is 21.2. The van der Waals surface area contributed by atoms with Gasteiger partial charge in [0.2, 0.25) is 0 Å². The largest absolute Gasteiger partial charge is 0.298 e. The number of amides is 1. The lowest BCUT2D eigenvalue weighted by Gasteiger charge is -2.14. The van der Waals surface area contributed by atoms with Gasteiger partial charge in [0.1, 0.15) is 0 Å². The number of rotatable bonds is 6. The van der Waals surface area contributed by atoms with Crippen LogP contribution in [0, 0.1) is 6.92 Å². The summed E-state index contributed by atoms with van der Waals surface area (Å²) < 4.78 is 26.5. The third-order valence-corrected chi connectivity index (χ3v) is 7.21. The number of carbonyl (C=O) groups excluding carboxylic acids is 1. The first-order chi connectivity index (χ1) is 13.7. The number of hydroxylamine groups is 1. The van der Waals surface area contributed by atoms with Gasteiger partial charge in [0, 0.05) is 27.5 Å². The smallest absolute Gasteiger partial charge is 0.264 e. The Morgan fingerprint density at radius 3 is 2.55 bits per heavy atom. The molecule has 3 aromatic rings. The van der Waals surface area contributed by atoms with Crippen LogP contribution in [-0.4, -0.2) is 37.9 Å². The number of hydrogen-bond donors (Lipinski definition) is 1. The van der Waals surface area contributed by atoms with Crippen LogP contribution >= 0.6 is 27.3 Å². The first-order valence-corrected chi connectivity index (χ1v) is 11.4. The minimum absolute atomic E-state index is 0.0413. The molecule has 10 heteroatoms. The summed E-state index contributed by atoms with van der Waals surface area (Å²) in [6.45, 7) is 1.93. The summed E-state index contributed by atoms with van der Waals surface area (Å²) in [6.07, 6.45) is 0. The highest BCUT2D eigenvalue weighted by atomic mass is 79.9. The Hall–Kier alpha value is -2.11. The zero-order valence-corrected chi connectivity index (χ0v) is 19.1. The van der Waals surface area contributed by atoms with Gasteiger partial charge in [-0.2, -0.15) is 0 Å². The van der Waals surface area contributed by atoms with Gasteiger partial charge in [-0.3, -0.25) is 14.9 Å². The first-order valence-electron chi connectivity index (χ1n) is 8.40. The average molecular weight is 496 g/mol. The fourth-order valence-corrected chi connectivity index (χ4v) is 4.65. The molecule has 0 radical (unpaired) electrons. The molecule has 1 heterocycles. The normalized spacial score (nSPS) is 11.6. The van der Waals surface area contributed by atoms with E-state index in [2.05, 4.69) is 26.2 Å². The molecule has 0 aliphatic rings. The molecule has 0 saturated heterocycles. The minimum atomic E-state index is -3.85. The fourth-order valence-electron chi connectivity index (χ4n) is 2.54. The molecule has 0 aliphatic carbocycles. The van der Waals surface area contributed by atoms with Gasteiger partial charge in [-0.1, -0.05) is 38.6 Å². The van der Waals surface area contributed by atoms with Crippen molar-refractivity contribution in [1.82, 2.24) is 9.45 Å². The van der Waals surface area contributed by atoms with Crippen molar-refractivity contribution in [2.24, 2.45) is 0 Å². The van der Waals surface area contributed by atoms with E-state index in [1.807, 2.05) is 31.2 Å². The second-order valence-electron chi connectivity index (χ2n) is 6.01. The van der Waals surface area contributed by atoms with Crippen LogP contribution in [-0.2, 0) is 14.9 Å². The number of anilines is 1. The van der Waals surface area contributed by atoms with Crippen molar-refractivity contribution >= 4 is 48.3 Å². The van der Waals surface area contributed by atoms with Gasteiger partial charge in [0.15, 0.2) is 5.13 Å². The van der Waals surface area contributed by atoms with Crippen LogP contribution < -0.4 is 5.32 Å². The summed E-state index contributed by atoms with van der Waals surface area (Å²) in [6, 6.07) is 13.5. The van der Waals surface area contributed by atoms with Crippen LogP contribution in [0.25, 0.3) is 11.3 Å². The maximum Gasteiger partial charge on any atom is 0.264 e. The zero-order valence-electron chi connectivity index (χ0n) is 15.8. The van der Waals surface area contributed by atoms with Crippen molar-refractivity contribution in [3.05, 3.63) is 63.4 Å². The van der Waals surface area contributed by atoms with Gasteiger partial charge in [-0.15, -0.1) is 11.3 Å². The van der Waals surface area contributed by atoms with Gasteiger partial charge in [-0.25, -0.2) is 13.4 Å². The summed E-state index contributed by atoms with van der Waals surface area (Å²) in [5.74, 6) is -0.446. The maximum absolute atomic E-state index is 12.6. The maximum atomic E-state index is 12.6. The average Bonchev–Trinajstić information content (AvgIpc) is 3.07. The van der Waals surface area contributed by atoms with E-state index in [1.165, 1.54) is 49.8 Å². The van der Waals surface area contributed by atoms with E-state index >= 15 is 0 Å². The Balaban J connectivity index is 1.84. The predicted octanol–water partition coefficient (Wildman–Crippen LogP) is 4.32. The number of sulfonamides is 1. The van der Waals surface area contributed by atoms with Crippen molar-refractivity contribution in [3.8, 4) is 11.3 Å². The van der Waals surface area contributed by atoms with Crippen molar-refractivity contribution < 1.29 is 18.0 Å². The molecule has 0 bridgehead atoms. The molecular formula is C19H18BrN3O4S2. The van der Waals surface area contributed by atoms with Crippen LogP contribution in [0.3, 0.4) is 0 Å². The lowest BCUT2D eigenvalue weighted by molar-refractivity contribution is -0.0258. The SMILES string of the molecule is CON(C)S(=O)(=O)c1cccc(C(=O)Nc2nc(-c3ccc(Br)cc3)c(C)s2)c1. The molecule has 2 aromatic carbocycles. The molecular weight excluding hydrogens is 478 g/mol. The monoisotopic (exact) mass is 495 g/mol. The van der Waals surface area contributed by atoms with Crippen molar-refractivity contribution in [2.45, 2.75) is 11.8 Å². The van der Waals surface area contributed by atoms with E-state index in [-0.39, 0.29) is 10.5 Å².